The molecule has 0 aliphatic carbocycles. The number of aromatic nitrogens is 2. The van der Waals surface area contributed by atoms with Gasteiger partial charge in [-0.05, 0) is 68.3 Å². The van der Waals surface area contributed by atoms with Gasteiger partial charge in [-0.25, -0.2) is 14.0 Å². The highest BCUT2D eigenvalue weighted by atomic mass is 35.5. The van der Waals surface area contributed by atoms with E-state index in [-0.39, 0.29) is 5.02 Å². The van der Waals surface area contributed by atoms with Crippen molar-refractivity contribution in [1.82, 2.24) is 14.9 Å². The molecule has 12 heteroatoms. The van der Waals surface area contributed by atoms with Crippen LogP contribution in [0.1, 0.15) is 11.1 Å². The van der Waals surface area contributed by atoms with Gasteiger partial charge in [0.15, 0.2) is 5.82 Å². The van der Waals surface area contributed by atoms with Gasteiger partial charge in [-0.3, -0.25) is 0 Å². The molecular formula is C24H30ClN6O3PS. The Hall–Kier alpha value is -2.65. The van der Waals surface area contributed by atoms with E-state index in [4.69, 9.17) is 21.1 Å². The first-order chi connectivity index (χ1) is 16.8. The maximum atomic E-state index is 13.0. The monoisotopic (exact) mass is 548 g/mol. The summed E-state index contributed by atoms with van der Waals surface area (Å²) in [4.78, 5) is 11.4. The van der Waals surface area contributed by atoms with E-state index in [0.29, 0.717) is 33.4 Å². The molecule has 0 bridgehead atoms. The molecule has 0 saturated carbocycles. The average molecular weight is 549 g/mol. The van der Waals surface area contributed by atoms with Crippen molar-refractivity contribution in [2.45, 2.75) is 17.9 Å². The minimum atomic E-state index is -2.97. The molecule has 4 rings (SSSR count). The lowest BCUT2D eigenvalue weighted by Crippen LogP contribution is -2.26. The predicted octanol–water partition coefficient (Wildman–Crippen LogP) is 4.90. The van der Waals surface area contributed by atoms with Gasteiger partial charge in [-0.15, -0.1) is 0 Å². The van der Waals surface area contributed by atoms with Gasteiger partial charge >= 0.3 is 0 Å². The molecule has 3 N–H and O–H groups in total. The van der Waals surface area contributed by atoms with Crippen LogP contribution in [0.5, 0.6) is 5.75 Å². The fraction of sp³-hybridized carbons (Fsp3) is 0.333. The maximum absolute atomic E-state index is 13.0. The number of likely N-dealkylation sites (N-methyl/N-ethyl adjacent to an activating group) is 1. The Bertz CT molecular complexity index is 1470. The summed E-state index contributed by atoms with van der Waals surface area (Å²) >= 11 is 6.40. The van der Waals surface area contributed by atoms with E-state index in [1.54, 1.807) is 38.6 Å². The van der Waals surface area contributed by atoms with Crippen molar-refractivity contribution in [2.24, 2.45) is 0 Å². The third-order valence-corrected chi connectivity index (χ3v) is 8.93. The van der Waals surface area contributed by atoms with Crippen LogP contribution in [0.4, 0.5) is 23.1 Å². The van der Waals surface area contributed by atoms with Gasteiger partial charge in [0.25, 0.3) is 0 Å². The molecule has 1 aromatic heterocycles. The number of nitrogens with zero attached hydrogens (tertiary/aromatic N) is 3. The van der Waals surface area contributed by atoms with E-state index < -0.39 is 16.9 Å². The quantitative estimate of drug-likeness (QED) is 0.357. The van der Waals surface area contributed by atoms with E-state index in [1.807, 2.05) is 6.07 Å². The summed E-state index contributed by atoms with van der Waals surface area (Å²) in [6.45, 7) is 5.08. The largest absolute Gasteiger partial charge is 0.495 e. The zero-order valence-electron chi connectivity index (χ0n) is 20.9. The molecule has 2 heterocycles. The van der Waals surface area contributed by atoms with Crippen molar-refractivity contribution in [3.63, 3.8) is 0 Å². The fourth-order valence-corrected chi connectivity index (χ4v) is 6.12. The van der Waals surface area contributed by atoms with Crippen LogP contribution in [0.2, 0.25) is 5.02 Å². The van der Waals surface area contributed by atoms with Crippen LogP contribution in [0, 0.1) is 4.78 Å². The van der Waals surface area contributed by atoms with Crippen LogP contribution >= 0.6 is 18.7 Å². The van der Waals surface area contributed by atoms with Gasteiger partial charge in [-0.1, -0.05) is 11.6 Å². The highest BCUT2D eigenvalue weighted by molar-refractivity contribution is 7.91. The van der Waals surface area contributed by atoms with Gasteiger partial charge in [0, 0.05) is 29.5 Å². The number of ether oxygens (including phenoxy) is 1. The number of hydrogen-bond acceptors (Lipinski definition) is 9. The van der Waals surface area contributed by atoms with Crippen LogP contribution in [0.15, 0.2) is 41.4 Å². The average Bonchev–Trinajstić information content (AvgIpc) is 2.79. The number of fused-ring (bicyclic) bond motifs is 1. The van der Waals surface area contributed by atoms with Gasteiger partial charge < -0.3 is 24.8 Å². The zero-order chi connectivity index (χ0) is 26.3. The van der Waals surface area contributed by atoms with E-state index in [0.717, 1.165) is 25.2 Å². The van der Waals surface area contributed by atoms with Crippen molar-refractivity contribution < 1.29 is 13.5 Å². The van der Waals surface area contributed by atoms with E-state index in [2.05, 4.69) is 38.6 Å². The van der Waals surface area contributed by atoms with Crippen molar-refractivity contribution in [2.75, 3.05) is 50.9 Å². The number of benzene rings is 2. The summed E-state index contributed by atoms with van der Waals surface area (Å²) in [5, 5.41) is 7.12. The number of anilines is 4. The first-order valence-electron chi connectivity index (χ1n) is 11.2. The van der Waals surface area contributed by atoms with E-state index in [9.17, 15) is 8.77 Å². The molecule has 0 spiro atoms. The third-order valence-electron chi connectivity index (χ3n) is 5.97. The first-order valence-corrected chi connectivity index (χ1v) is 16.2. The Balaban J connectivity index is 1.68. The topological polar surface area (TPSA) is 120 Å². The van der Waals surface area contributed by atoms with Crippen LogP contribution in [0.25, 0.3) is 0 Å². The van der Waals surface area contributed by atoms with Crippen molar-refractivity contribution in [3.8, 4) is 5.75 Å². The molecule has 192 valence electrons. The summed E-state index contributed by atoms with van der Waals surface area (Å²) in [6.07, 6.45) is 3.77. The molecule has 1 unspecified atom stereocenters. The Morgan fingerprint density at radius 2 is 1.92 bits per heavy atom. The minimum absolute atomic E-state index is 0.274. The number of halogens is 1. The molecular weight excluding hydrogens is 519 g/mol. The van der Waals surface area contributed by atoms with Crippen LogP contribution < -0.4 is 20.7 Å². The van der Waals surface area contributed by atoms with Crippen LogP contribution in [-0.2, 0) is 27.3 Å². The molecule has 0 radical (unpaired) electrons. The third kappa shape index (κ3) is 5.83. The zero-order valence-corrected chi connectivity index (χ0v) is 23.4. The summed E-state index contributed by atoms with van der Waals surface area (Å²) in [7, 11) is -2.04. The number of hydrogen-bond donors (Lipinski definition) is 3. The Morgan fingerprint density at radius 3 is 2.58 bits per heavy atom. The molecule has 0 saturated heterocycles. The normalized spacial score (nSPS) is 15.6. The van der Waals surface area contributed by atoms with Gasteiger partial charge in [0.1, 0.15) is 17.9 Å². The van der Waals surface area contributed by atoms with Crippen molar-refractivity contribution >= 4 is 56.9 Å². The standard InChI is InChI=1S/C24H30ClN6O3PS/c1-31-9-8-15-11-21(34-2)20(10-16(15)14-31)29-24-27-13-18(25)23(30-24)28-19-7-6-17(36(5,26)33)12-22(19)35(3,4)32/h6-7,10-13,26H,8-9,14H2,1-5H3,(H2,27,28,29,30). The Kier molecular flexibility index (Phi) is 7.35. The highest BCUT2D eigenvalue weighted by Crippen LogP contribution is 2.40. The molecule has 1 atom stereocenters. The van der Waals surface area contributed by atoms with E-state index >= 15 is 0 Å². The lowest BCUT2D eigenvalue weighted by molar-refractivity contribution is 0.312. The predicted molar refractivity (Wildman–Crippen MR) is 147 cm³/mol. The van der Waals surface area contributed by atoms with Crippen molar-refractivity contribution in [1.29, 1.82) is 4.78 Å². The summed E-state index contributed by atoms with van der Waals surface area (Å²) in [5.74, 6) is 1.32. The second-order valence-electron chi connectivity index (χ2n) is 9.32. The second-order valence-corrected chi connectivity index (χ2v) is 15.1. The van der Waals surface area contributed by atoms with Gasteiger partial charge in [-0.2, -0.15) is 4.98 Å². The SMILES string of the molecule is COc1cc2c(cc1Nc1ncc(Cl)c(Nc3ccc(S(C)(=N)=O)cc3P(C)(C)=O)n1)CN(C)CC2. The van der Waals surface area contributed by atoms with Crippen LogP contribution in [0.3, 0.4) is 0 Å². The lowest BCUT2D eigenvalue weighted by atomic mass is 9.99. The Morgan fingerprint density at radius 1 is 1.17 bits per heavy atom. The number of nitrogens with one attached hydrogen (secondary N) is 3. The number of methoxy groups -OCH3 is 1. The van der Waals surface area contributed by atoms with Gasteiger partial charge in [0.05, 0.1) is 34.4 Å². The molecule has 0 amide bonds. The molecule has 3 aromatic rings. The molecule has 0 fully saturated rings. The fourth-order valence-electron chi connectivity index (χ4n) is 4.06. The number of rotatable bonds is 7. The minimum Gasteiger partial charge on any atom is -0.495 e. The molecule has 1 aliphatic heterocycles. The molecule has 2 aromatic carbocycles. The maximum Gasteiger partial charge on any atom is 0.229 e. The smallest absolute Gasteiger partial charge is 0.229 e. The summed E-state index contributed by atoms with van der Waals surface area (Å²) in [6, 6.07) is 8.89. The highest BCUT2D eigenvalue weighted by Gasteiger charge is 2.21. The lowest BCUT2D eigenvalue weighted by Gasteiger charge is -2.26. The second kappa shape index (κ2) is 10.0. The van der Waals surface area contributed by atoms with E-state index in [1.165, 1.54) is 23.6 Å². The van der Waals surface area contributed by atoms with Crippen molar-refractivity contribution in [3.05, 3.63) is 52.7 Å². The first kappa shape index (κ1) is 26.4. The Labute approximate surface area is 217 Å². The molecule has 36 heavy (non-hydrogen) atoms. The molecule has 1 aliphatic rings. The van der Waals surface area contributed by atoms with Crippen LogP contribution in [-0.4, -0.2) is 59.4 Å². The molecule has 9 nitrogen and oxygen atoms in total. The summed E-state index contributed by atoms with van der Waals surface area (Å²) in [5.41, 5.74) is 3.73. The summed E-state index contributed by atoms with van der Waals surface area (Å²) < 4.78 is 38.8. The van der Waals surface area contributed by atoms with Gasteiger partial charge in [0.2, 0.25) is 5.95 Å².